The van der Waals surface area contributed by atoms with Crippen LogP contribution in [0.3, 0.4) is 0 Å². The van der Waals surface area contributed by atoms with E-state index in [2.05, 4.69) is 4.98 Å². The predicted octanol–water partition coefficient (Wildman–Crippen LogP) is 3.03. The van der Waals surface area contributed by atoms with E-state index in [1.807, 2.05) is 6.92 Å². The van der Waals surface area contributed by atoms with Gasteiger partial charge in [-0.25, -0.2) is 9.78 Å². The van der Waals surface area contributed by atoms with Crippen LogP contribution < -0.4 is 0 Å². The summed E-state index contributed by atoms with van der Waals surface area (Å²) in [6, 6.07) is 5.89. The zero-order valence-corrected chi connectivity index (χ0v) is 11.8. The number of hydrogen-bond acceptors (Lipinski definition) is 6. The van der Waals surface area contributed by atoms with Crippen molar-refractivity contribution in [3.05, 3.63) is 55.5 Å². The van der Waals surface area contributed by atoms with Crippen molar-refractivity contribution in [3.63, 3.8) is 0 Å². The molecule has 6 nitrogen and oxygen atoms in total. The Kier molecular flexibility index (Phi) is 4.09. The number of non-ortho nitro benzene ring substituents is 1. The number of thiazole rings is 1. The molecule has 0 N–H and O–H groups in total. The monoisotopic (exact) mass is 292 g/mol. The first kappa shape index (κ1) is 14.1. The summed E-state index contributed by atoms with van der Waals surface area (Å²) in [6.45, 7) is 3.66. The van der Waals surface area contributed by atoms with Gasteiger partial charge in [-0.2, -0.15) is 0 Å². The number of nitrogens with zero attached hydrogens (tertiary/aromatic N) is 2. The van der Waals surface area contributed by atoms with Gasteiger partial charge in [-0.05, 0) is 31.5 Å². The fraction of sp³-hybridized carbons (Fsp3) is 0.231. The van der Waals surface area contributed by atoms with Gasteiger partial charge in [0.15, 0.2) is 0 Å². The van der Waals surface area contributed by atoms with Crippen LogP contribution in [0.25, 0.3) is 0 Å². The van der Waals surface area contributed by atoms with E-state index in [1.54, 1.807) is 19.1 Å². The van der Waals surface area contributed by atoms with E-state index in [1.165, 1.54) is 23.5 Å². The summed E-state index contributed by atoms with van der Waals surface area (Å²) >= 11 is 1.29. The minimum Gasteiger partial charge on any atom is -0.457 e. The van der Waals surface area contributed by atoms with Gasteiger partial charge in [0.05, 0.1) is 15.6 Å². The number of benzene rings is 1. The maximum absolute atomic E-state index is 11.9. The normalized spacial score (nSPS) is 10.3. The third-order valence-electron chi connectivity index (χ3n) is 2.61. The van der Waals surface area contributed by atoms with Crippen LogP contribution in [0, 0.1) is 24.0 Å². The fourth-order valence-corrected chi connectivity index (χ4v) is 2.46. The average Bonchev–Trinajstić information content (AvgIpc) is 2.75. The highest BCUT2D eigenvalue weighted by Crippen LogP contribution is 2.19. The van der Waals surface area contributed by atoms with Crippen molar-refractivity contribution in [2.45, 2.75) is 20.5 Å². The predicted molar refractivity (Wildman–Crippen MR) is 73.8 cm³/mol. The fourth-order valence-electron chi connectivity index (χ4n) is 1.65. The van der Waals surface area contributed by atoms with Crippen molar-refractivity contribution in [1.82, 2.24) is 4.98 Å². The zero-order chi connectivity index (χ0) is 14.7. The molecule has 0 bridgehead atoms. The second-order valence-corrected chi connectivity index (χ2v) is 5.35. The molecular formula is C13H12N2O4S. The van der Waals surface area contributed by atoms with Gasteiger partial charge in [0.1, 0.15) is 11.5 Å². The van der Waals surface area contributed by atoms with Gasteiger partial charge in [-0.1, -0.05) is 0 Å². The topological polar surface area (TPSA) is 82.3 Å². The first-order valence-electron chi connectivity index (χ1n) is 5.82. The molecule has 1 aromatic carbocycles. The van der Waals surface area contributed by atoms with Crippen LogP contribution in [0.4, 0.5) is 5.69 Å². The number of carbonyl (C=O) groups is 1. The van der Waals surface area contributed by atoms with Crippen molar-refractivity contribution in [2.75, 3.05) is 0 Å². The minimum absolute atomic E-state index is 0.00834. The second kappa shape index (κ2) is 5.79. The summed E-state index contributed by atoms with van der Waals surface area (Å²) in [5.74, 6) is -0.425. The van der Waals surface area contributed by atoms with E-state index in [4.69, 9.17) is 4.74 Å². The van der Waals surface area contributed by atoms with Gasteiger partial charge < -0.3 is 4.74 Å². The van der Waals surface area contributed by atoms with Crippen LogP contribution >= 0.6 is 11.3 Å². The van der Waals surface area contributed by atoms with Gasteiger partial charge in [-0.15, -0.1) is 11.3 Å². The first-order chi connectivity index (χ1) is 9.47. The van der Waals surface area contributed by atoms with E-state index in [9.17, 15) is 14.9 Å². The number of nitro benzene ring substituents is 1. The van der Waals surface area contributed by atoms with Crippen LogP contribution in [0.1, 0.15) is 25.9 Å². The Hall–Kier alpha value is -2.28. The van der Waals surface area contributed by atoms with Gasteiger partial charge in [-0.3, -0.25) is 10.1 Å². The average molecular weight is 292 g/mol. The maximum Gasteiger partial charge on any atom is 0.350 e. The van der Waals surface area contributed by atoms with Crippen LogP contribution in [-0.2, 0) is 11.3 Å². The summed E-state index contributed by atoms with van der Waals surface area (Å²) in [5, 5.41) is 11.3. The Morgan fingerprint density at radius 2 is 2.00 bits per heavy atom. The molecule has 2 aromatic rings. The number of carbonyl (C=O) groups excluding carboxylic acids is 1. The SMILES string of the molecule is Cc1nc(C)c(C(=O)OCc2ccc([N+](=O)[O-])cc2)s1. The van der Waals surface area contributed by atoms with E-state index < -0.39 is 10.9 Å². The first-order valence-corrected chi connectivity index (χ1v) is 6.63. The summed E-state index contributed by atoms with van der Waals surface area (Å²) < 4.78 is 5.17. The molecule has 0 amide bonds. The van der Waals surface area contributed by atoms with Crippen molar-refractivity contribution in [3.8, 4) is 0 Å². The Morgan fingerprint density at radius 3 is 2.50 bits per heavy atom. The molecule has 0 aliphatic heterocycles. The third kappa shape index (κ3) is 3.18. The molecule has 0 radical (unpaired) electrons. The van der Waals surface area contributed by atoms with Crippen LogP contribution in [0.15, 0.2) is 24.3 Å². The lowest BCUT2D eigenvalue weighted by Crippen LogP contribution is -2.04. The largest absolute Gasteiger partial charge is 0.457 e. The lowest BCUT2D eigenvalue weighted by Gasteiger charge is -2.03. The molecule has 2 rings (SSSR count). The quantitative estimate of drug-likeness (QED) is 0.491. The van der Waals surface area contributed by atoms with Crippen molar-refractivity contribution < 1.29 is 14.5 Å². The Bertz CT molecular complexity index is 649. The summed E-state index contributed by atoms with van der Waals surface area (Å²) in [6.07, 6.45) is 0. The number of nitro groups is 1. The van der Waals surface area contributed by atoms with E-state index in [0.29, 0.717) is 16.1 Å². The lowest BCUT2D eigenvalue weighted by atomic mass is 10.2. The second-order valence-electron chi connectivity index (χ2n) is 4.15. The number of hydrogen-bond donors (Lipinski definition) is 0. The number of ether oxygens (including phenoxy) is 1. The molecule has 104 valence electrons. The molecule has 0 atom stereocenters. The molecule has 0 spiro atoms. The molecule has 7 heteroatoms. The molecule has 0 fully saturated rings. The molecule has 0 aliphatic carbocycles. The highest BCUT2D eigenvalue weighted by Gasteiger charge is 2.15. The minimum atomic E-state index is -0.473. The van der Waals surface area contributed by atoms with Crippen LogP contribution in [0.5, 0.6) is 0 Å². The molecule has 1 heterocycles. The molecule has 0 aliphatic rings. The molecule has 0 unspecified atom stereocenters. The summed E-state index contributed by atoms with van der Waals surface area (Å²) in [4.78, 5) is 26.6. The van der Waals surface area contributed by atoms with Gasteiger partial charge in [0, 0.05) is 12.1 Å². The molecular weight excluding hydrogens is 280 g/mol. The van der Waals surface area contributed by atoms with Crippen LogP contribution in [-0.4, -0.2) is 15.9 Å². The number of rotatable bonds is 4. The Labute approximate surface area is 119 Å². The number of aromatic nitrogens is 1. The van der Waals surface area contributed by atoms with Crippen molar-refractivity contribution >= 4 is 23.0 Å². The Morgan fingerprint density at radius 1 is 1.35 bits per heavy atom. The summed E-state index contributed by atoms with van der Waals surface area (Å²) in [5.41, 5.74) is 1.36. The van der Waals surface area contributed by atoms with E-state index in [0.717, 1.165) is 5.01 Å². The highest BCUT2D eigenvalue weighted by atomic mass is 32.1. The third-order valence-corrected chi connectivity index (χ3v) is 3.66. The highest BCUT2D eigenvalue weighted by molar-refractivity contribution is 7.13. The summed E-state index contributed by atoms with van der Waals surface area (Å²) in [7, 11) is 0. The van der Waals surface area contributed by atoms with Gasteiger partial charge in [0.25, 0.3) is 5.69 Å². The number of aryl methyl sites for hydroxylation is 2. The van der Waals surface area contributed by atoms with Crippen LogP contribution in [0.2, 0.25) is 0 Å². The van der Waals surface area contributed by atoms with E-state index in [-0.39, 0.29) is 12.3 Å². The zero-order valence-electron chi connectivity index (χ0n) is 11.0. The molecule has 0 saturated carbocycles. The molecule has 1 aromatic heterocycles. The van der Waals surface area contributed by atoms with Crippen molar-refractivity contribution in [2.24, 2.45) is 0 Å². The number of esters is 1. The standard InChI is InChI=1S/C13H12N2O4S/c1-8-12(20-9(2)14-8)13(16)19-7-10-3-5-11(6-4-10)15(17)18/h3-6H,7H2,1-2H3. The Balaban J connectivity index is 2.00. The van der Waals surface area contributed by atoms with Gasteiger partial charge >= 0.3 is 5.97 Å². The molecule has 0 saturated heterocycles. The smallest absolute Gasteiger partial charge is 0.350 e. The van der Waals surface area contributed by atoms with Gasteiger partial charge in [0.2, 0.25) is 0 Å². The molecule has 20 heavy (non-hydrogen) atoms. The maximum atomic E-state index is 11.9. The van der Waals surface area contributed by atoms with Crippen molar-refractivity contribution in [1.29, 1.82) is 0 Å². The van der Waals surface area contributed by atoms with E-state index >= 15 is 0 Å². The lowest BCUT2D eigenvalue weighted by molar-refractivity contribution is -0.384.